The maximum Gasteiger partial charge on any atom is 0.270 e. The SMILES string of the molecule is CC(C)Sc1ccc(-c2cnc(N)c(-c3nnc(-c4ccc(CNC5CCOC5)cc4F)o3)n2)cc1. The number of hydrogen-bond donors (Lipinski definition) is 2. The Bertz CT molecular complexity index is 1340. The van der Waals surface area contributed by atoms with E-state index in [9.17, 15) is 4.39 Å². The van der Waals surface area contributed by atoms with Gasteiger partial charge in [0.05, 0.1) is 24.1 Å². The number of nitrogen functional groups attached to an aromatic ring is 1. The van der Waals surface area contributed by atoms with E-state index < -0.39 is 5.82 Å². The van der Waals surface area contributed by atoms with Crippen LogP contribution in [0.15, 0.2) is 58.0 Å². The van der Waals surface area contributed by atoms with Gasteiger partial charge < -0.3 is 20.2 Å². The Hall–Kier alpha value is -3.34. The highest BCUT2D eigenvalue weighted by atomic mass is 32.2. The molecule has 36 heavy (non-hydrogen) atoms. The van der Waals surface area contributed by atoms with Gasteiger partial charge in [0.2, 0.25) is 0 Å². The second kappa shape index (κ2) is 10.7. The number of benzene rings is 2. The van der Waals surface area contributed by atoms with Crippen LogP contribution in [0.3, 0.4) is 0 Å². The zero-order chi connectivity index (χ0) is 25.1. The van der Waals surface area contributed by atoms with Crippen LogP contribution in [0, 0.1) is 5.82 Å². The Morgan fingerprint density at radius 1 is 1.14 bits per heavy atom. The smallest absolute Gasteiger partial charge is 0.270 e. The minimum absolute atomic E-state index is 0.0490. The largest absolute Gasteiger partial charge is 0.414 e. The predicted molar refractivity (Wildman–Crippen MR) is 138 cm³/mol. The van der Waals surface area contributed by atoms with Gasteiger partial charge in [-0.2, -0.15) is 0 Å². The molecule has 0 aliphatic carbocycles. The van der Waals surface area contributed by atoms with Gasteiger partial charge in [0.15, 0.2) is 11.5 Å². The molecule has 0 radical (unpaired) electrons. The zero-order valence-corrected chi connectivity index (χ0v) is 20.9. The molecule has 1 aliphatic heterocycles. The molecule has 1 saturated heterocycles. The van der Waals surface area contributed by atoms with Crippen molar-refractivity contribution in [1.82, 2.24) is 25.5 Å². The molecule has 0 spiro atoms. The van der Waals surface area contributed by atoms with E-state index in [-0.39, 0.29) is 28.9 Å². The van der Waals surface area contributed by atoms with Gasteiger partial charge in [0.25, 0.3) is 11.8 Å². The van der Waals surface area contributed by atoms with E-state index in [1.807, 2.05) is 30.3 Å². The van der Waals surface area contributed by atoms with Crippen molar-refractivity contribution in [1.29, 1.82) is 0 Å². The van der Waals surface area contributed by atoms with Crippen LogP contribution in [0.1, 0.15) is 25.8 Å². The summed E-state index contributed by atoms with van der Waals surface area (Å²) < 4.78 is 26.0. The standard InChI is InChI=1S/C26H27FN6O2S/c1-15(2)36-19-6-4-17(5-7-19)22-13-30-24(28)23(31-22)26-33-32-25(35-26)20-8-3-16(11-21(20)27)12-29-18-9-10-34-14-18/h3-8,11,13,15,18,29H,9-10,12,14H2,1-2H3,(H2,28,30). The molecular weight excluding hydrogens is 479 g/mol. The lowest BCUT2D eigenvalue weighted by Crippen LogP contribution is -2.28. The highest BCUT2D eigenvalue weighted by Crippen LogP contribution is 2.30. The maximum atomic E-state index is 14.9. The fraction of sp³-hybridized carbons (Fsp3) is 0.308. The van der Waals surface area contributed by atoms with E-state index in [1.165, 1.54) is 11.0 Å². The number of halogens is 1. The normalized spacial score (nSPS) is 15.6. The number of nitrogens with one attached hydrogen (secondary N) is 1. The molecule has 1 aliphatic rings. The summed E-state index contributed by atoms with van der Waals surface area (Å²) in [5.74, 6) is -0.166. The van der Waals surface area contributed by atoms with Gasteiger partial charge in [-0.15, -0.1) is 22.0 Å². The van der Waals surface area contributed by atoms with E-state index >= 15 is 0 Å². The second-order valence-electron chi connectivity index (χ2n) is 8.85. The van der Waals surface area contributed by atoms with Gasteiger partial charge in [-0.05, 0) is 36.2 Å². The summed E-state index contributed by atoms with van der Waals surface area (Å²) in [5.41, 5.74) is 8.86. The third-order valence-electron chi connectivity index (χ3n) is 5.74. The molecule has 2 aromatic heterocycles. The molecule has 5 rings (SSSR count). The third kappa shape index (κ3) is 5.56. The molecule has 186 valence electrons. The fourth-order valence-electron chi connectivity index (χ4n) is 3.90. The summed E-state index contributed by atoms with van der Waals surface area (Å²) in [6.07, 6.45) is 2.56. The number of anilines is 1. The Kier molecular flexibility index (Phi) is 7.26. The monoisotopic (exact) mass is 506 g/mol. The van der Waals surface area contributed by atoms with Crippen molar-refractivity contribution in [2.24, 2.45) is 0 Å². The Balaban J connectivity index is 1.35. The minimum Gasteiger partial charge on any atom is -0.414 e. The van der Waals surface area contributed by atoms with Gasteiger partial charge in [0.1, 0.15) is 5.82 Å². The molecule has 2 aromatic carbocycles. The lowest BCUT2D eigenvalue weighted by molar-refractivity contribution is 0.190. The van der Waals surface area contributed by atoms with Crippen molar-refractivity contribution in [2.45, 2.75) is 43.0 Å². The van der Waals surface area contributed by atoms with Crippen LogP contribution in [-0.2, 0) is 11.3 Å². The molecule has 10 heteroatoms. The number of rotatable bonds is 8. The van der Waals surface area contributed by atoms with Crippen LogP contribution in [0.5, 0.6) is 0 Å². The number of ether oxygens (including phenoxy) is 1. The topological polar surface area (TPSA) is 112 Å². The van der Waals surface area contributed by atoms with Crippen LogP contribution >= 0.6 is 11.8 Å². The van der Waals surface area contributed by atoms with E-state index in [4.69, 9.17) is 14.9 Å². The predicted octanol–water partition coefficient (Wildman–Crippen LogP) is 4.96. The summed E-state index contributed by atoms with van der Waals surface area (Å²) >= 11 is 1.79. The number of hydrogen-bond acceptors (Lipinski definition) is 9. The molecule has 1 unspecified atom stereocenters. The van der Waals surface area contributed by atoms with Crippen LogP contribution in [0.2, 0.25) is 0 Å². The van der Waals surface area contributed by atoms with Crippen LogP contribution in [0.4, 0.5) is 10.2 Å². The number of aromatic nitrogens is 4. The molecule has 3 heterocycles. The third-order valence-corrected chi connectivity index (χ3v) is 6.75. The van der Waals surface area contributed by atoms with Crippen molar-refractivity contribution in [3.8, 4) is 34.3 Å². The summed E-state index contributed by atoms with van der Waals surface area (Å²) in [5, 5.41) is 12.0. The summed E-state index contributed by atoms with van der Waals surface area (Å²) in [6, 6.07) is 13.3. The number of nitrogens with two attached hydrogens (primary N) is 1. The summed E-state index contributed by atoms with van der Waals surface area (Å²) in [4.78, 5) is 10.0. The lowest BCUT2D eigenvalue weighted by atomic mass is 10.1. The first kappa shape index (κ1) is 24.4. The Morgan fingerprint density at radius 2 is 1.94 bits per heavy atom. The highest BCUT2D eigenvalue weighted by Gasteiger charge is 2.19. The van der Waals surface area contributed by atoms with Crippen LogP contribution in [0.25, 0.3) is 34.3 Å². The Labute approximate surface area is 212 Å². The van der Waals surface area contributed by atoms with Crippen molar-refractivity contribution in [3.05, 3.63) is 60.0 Å². The van der Waals surface area contributed by atoms with Crippen molar-refractivity contribution in [2.75, 3.05) is 18.9 Å². The number of nitrogens with zero attached hydrogens (tertiary/aromatic N) is 4. The van der Waals surface area contributed by atoms with Gasteiger partial charge in [0, 0.05) is 34.9 Å². The van der Waals surface area contributed by atoms with E-state index in [2.05, 4.69) is 39.3 Å². The fourth-order valence-corrected chi connectivity index (χ4v) is 4.74. The highest BCUT2D eigenvalue weighted by molar-refractivity contribution is 7.99. The summed E-state index contributed by atoms with van der Waals surface area (Å²) in [6.45, 7) is 6.29. The van der Waals surface area contributed by atoms with Crippen LogP contribution < -0.4 is 11.1 Å². The average Bonchev–Trinajstić information content (AvgIpc) is 3.56. The second-order valence-corrected chi connectivity index (χ2v) is 10.5. The first-order valence-electron chi connectivity index (χ1n) is 11.8. The lowest BCUT2D eigenvalue weighted by Gasteiger charge is -2.10. The zero-order valence-electron chi connectivity index (χ0n) is 20.1. The molecule has 0 bridgehead atoms. The molecular formula is C26H27FN6O2S. The first-order chi connectivity index (χ1) is 17.5. The van der Waals surface area contributed by atoms with Crippen molar-refractivity contribution < 1.29 is 13.5 Å². The van der Waals surface area contributed by atoms with Gasteiger partial charge >= 0.3 is 0 Å². The number of thioether (sulfide) groups is 1. The van der Waals surface area contributed by atoms with Crippen LogP contribution in [-0.4, -0.2) is 44.7 Å². The quantitative estimate of drug-likeness (QED) is 0.320. The van der Waals surface area contributed by atoms with Gasteiger partial charge in [-0.25, -0.2) is 14.4 Å². The summed E-state index contributed by atoms with van der Waals surface area (Å²) in [7, 11) is 0. The van der Waals surface area contributed by atoms with Gasteiger partial charge in [-0.1, -0.05) is 32.0 Å². The molecule has 1 atom stereocenters. The van der Waals surface area contributed by atoms with Crippen molar-refractivity contribution >= 4 is 17.6 Å². The minimum atomic E-state index is -0.445. The van der Waals surface area contributed by atoms with E-state index in [1.54, 1.807) is 24.0 Å². The molecule has 1 fully saturated rings. The first-order valence-corrected chi connectivity index (χ1v) is 12.7. The Morgan fingerprint density at radius 3 is 2.67 bits per heavy atom. The average molecular weight is 507 g/mol. The molecule has 4 aromatic rings. The molecule has 0 saturated carbocycles. The van der Waals surface area contributed by atoms with E-state index in [0.717, 1.165) is 24.2 Å². The molecule has 0 amide bonds. The van der Waals surface area contributed by atoms with Gasteiger partial charge in [-0.3, -0.25) is 0 Å². The molecule has 3 N–H and O–H groups in total. The maximum absolute atomic E-state index is 14.9. The van der Waals surface area contributed by atoms with Crippen molar-refractivity contribution in [3.63, 3.8) is 0 Å². The van der Waals surface area contributed by atoms with E-state index in [0.29, 0.717) is 30.1 Å². The molecule has 8 nitrogen and oxygen atoms in total.